The Labute approximate surface area is 89.9 Å². The van der Waals surface area contributed by atoms with Crippen LogP contribution in [0.2, 0.25) is 11.6 Å². The highest BCUT2D eigenvalue weighted by atomic mass is 28.4. The van der Waals surface area contributed by atoms with Crippen molar-refractivity contribution in [3.05, 3.63) is 0 Å². The van der Waals surface area contributed by atoms with E-state index in [9.17, 15) is 9.59 Å². The molecule has 0 aliphatic carbocycles. The Balaban J connectivity index is 2.78. The van der Waals surface area contributed by atoms with E-state index in [0.29, 0.717) is 19.3 Å². The molecule has 0 radical (unpaired) electrons. The number of carbonyl (C=O) groups excluding carboxylic acids is 2. The average Bonchev–Trinajstić information content (AvgIpc) is 1.97. The lowest BCUT2D eigenvalue weighted by Crippen LogP contribution is -2.54. The zero-order chi connectivity index (χ0) is 11.5. The summed E-state index contributed by atoms with van der Waals surface area (Å²) in [6.07, 6.45) is 0. The monoisotopic (exact) mass is 232 g/mol. The summed E-state index contributed by atoms with van der Waals surface area (Å²) in [6, 6.07) is 0.570. The SMILES string of the molecule is CC[Si](OC(C)=O)(OC(C)=O)C1COC1. The van der Waals surface area contributed by atoms with Crippen LogP contribution in [0.1, 0.15) is 20.8 Å². The molecule has 1 aliphatic rings. The molecule has 0 bridgehead atoms. The smallest absolute Gasteiger partial charge is 0.471 e. The van der Waals surface area contributed by atoms with Crippen molar-refractivity contribution in [3.63, 3.8) is 0 Å². The van der Waals surface area contributed by atoms with Crippen LogP contribution in [0.25, 0.3) is 0 Å². The highest BCUT2D eigenvalue weighted by Crippen LogP contribution is 2.34. The molecule has 1 saturated heterocycles. The van der Waals surface area contributed by atoms with E-state index in [-0.39, 0.29) is 5.54 Å². The van der Waals surface area contributed by atoms with Crippen LogP contribution in [0.3, 0.4) is 0 Å². The first-order valence-corrected chi connectivity index (χ1v) is 7.07. The molecule has 0 atom stereocenters. The summed E-state index contributed by atoms with van der Waals surface area (Å²) in [5, 5.41) is 0. The number of hydrogen-bond acceptors (Lipinski definition) is 5. The van der Waals surface area contributed by atoms with Gasteiger partial charge in [-0.3, -0.25) is 9.59 Å². The minimum absolute atomic E-state index is 0.0790. The van der Waals surface area contributed by atoms with Gasteiger partial charge in [-0.05, 0) is 0 Å². The Hall–Kier alpha value is -0.883. The van der Waals surface area contributed by atoms with Crippen LogP contribution in [0.4, 0.5) is 0 Å². The quantitative estimate of drug-likeness (QED) is 0.676. The molecule has 0 aromatic carbocycles. The van der Waals surface area contributed by atoms with Crippen LogP contribution >= 0.6 is 0 Å². The fourth-order valence-corrected chi connectivity index (χ4v) is 4.55. The molecule has 0 saturated carbocycles. The van der Waals surface area contributed by atoms with E-state index in [4.69, 9.17) is 13.6 Å². The Morgan fingerprint density at radius 1 is 1.27 bits per heavy atom. The van der Waals surface area contributed by atoms with E-state index in [0.717, 1.165) is 0 Å². The van der Waals surface area contributed by atoms with Crippen LogP contribution in [-0.2, 0) is 23.2 Å². The van der Waals surface area contributed by atoms with Crippen LogP contribution in [0, 0.1) is 0 Å². The largest absolute Gasteiger partial charge is 0.485 e. The summed E-state index contributed by atoms with van der Waals surface area (Å²) in [5.41, 5.74) is 0.0790. The zero-order valence-electron chi connectivity index (χ0n) is 9.24. The second-order valence-corrected chi connectivity index (χ2v) is 7.14. The van der Waals surface area contributed by atoms with Gasteiger partial charge in [0.2, 0.25) is 0 Å². The summed E-state index contributed by atoms with van der Waals surface area (Å²) < 4.78 is 15.6. The molecular formula is C9H16O5Si. The average molecular weight is 232 g/mol. The number of ether oxygens (including phenoxy) is 1. The Morgan fingerprint density at radius 2 is 1.73 bits per heavy atom. The summed E-state index contributed by atoms with van der Waals surface area (Å²) in [6.45, 7) is 5.57. The van der Waals surface area contributed by atoms with Gasteiger partial charge in [-0.2, -0.15) is 0 Å². The number of hydrogen-bond donors (Lipinski definition) is 0. The van der Waals surface area contributed by atoms with Crippen molar-refractivity contribution in [1.29, 1.82) is 0 Å². The van der Waals surface area contributed by atoms with Crippen molar-refractivity contribution >= 4 is 20.5 Å². The van der Waals surface area contributed by atoms with E-state index in [1.165, 1.54) is 13.8 Å². The molecule has 0 N–H and O–H groups in total. The second-order valence-electron chi connectivity index (χ2n) is 3.59. The summed E-state index contributed by atoms with van der Waals surface area (Å²) >= 11 is 0. The topological polar surface area (TPSA) is 61.8 Å². The fourth-order valence-electron chi connectivity index (χ4n) is 1.60. The maximum absolute atomic E-state index is 11.0. The summed E-state index contributed by atoms with van der Waals surface area (Å²) in [5.74, 6) is -0.784. The van der Waals surface area contributed by atoms with Gasteiger partial charge in [-0.15, -0.1) is 0 Å². The summed E-state index contributed by atoms with van der Waals surface area (Å²) in [7, 11) is -2.74. The van der Waals surface area contributed by atoms with Crippen molar-refractivity contribution in [2.75, 3.05) is 13.2 Å². The van der Waals surface area contributed by atoms with Crippen LogP contribution in [0.5, 0.6) is 0 Å². The van der Waals surface area contributed by atoms with E-state index in [1.54, 1.807) is 0 Å². The minimum atomic E-state index is -2.74. The molecule has 15 heavy (non-hydrogen) atoms. The van der Waals surface area contributed by atoms with Gasteiger partial charge in [-0.1, -0.05) is 6.92 Å². The fraction of sp³-hybridized carbons (Fsp3) is 0.778. The molecule has 6 heteroatoms. The standard InChI is InChI=1S/C9H16O5Si/c1-4-15(13-7(2)10,14-8(3)11)9-5-12-6-9/h9H,4-6H2,1-3H3. The Bertz CT molecular complexity index is 245. The normalized spacial score (nSPS) is 16.7. The van der Waals surface area contributed by atoms with E-state index < -0.39 is 20.5 Å². The number of rotatable bonds is 4. The zero-order valence-corrected chi connectivity index (χ0v) is 10.2. The van der Waals surface area contributed by atoms with Crippen molar-refractivity contribution in [2.45, 2.75) is 32.4 Å². The van der Waals surface area contributed by atoms with Gasteiger partial charge < -0.3 is 13.6 Å². The molecule has 86 valence electrons. The molecule has 1 fully saturated rings. The molecule has 0 amide bonds. The van der Waals surface area contributed by atoms with Gasteiger partial charge in [0.25, 0.3) is 11.9 Å². The maximum atomic E-state index is 11.0. The molecule has 0 aromatic heterocycles. The van der Waals surface area contributed by atoms with Crippen molar-refractivity contribution < 1.29 is 23.2 Å². The van der Waals surface area contributed by atoms with Gasteiger partial charge in [0.05, 0.1) is 18.8 Å². The summed E-state index contributed by atoms with van der Waals surface area (Å²) in [4.78, 5) is 22.0. The third-order valence-corrected chi connectivity index (χ3v) is 6.21. The van der Waals surface area contributed by atoms with Crippen molar-refractivity contribution in [1.82, 2.24) is 0 Å². The first-order valence-electron chi connectivity index (χ1n) is 4.97. The Morgan fingerprint density at radius 3 is 1.93 bits per heavy atom. The van der Waals surface area contributed by atoms with E-state index in [1.807, 2.05) is 6.92 Å². The third-order valence-electron chi connectivity index (χ3n) is 2.39. The highest BCUT2D eigenvalue weighted by molar-refractivity contribution is 6.72. The molecular weight excluding hydrogens is 216 g/mol. The molecule has 1 heterocycles. The van der Waals surface area contributed by atoms with Gasteiger partial charge in [0.15, 0.2) is 0 Å². The van der Waals surface area contributed by atoms with Gasteiger partial charge in [0, 0.05) is 19.9 Å². The van der Waals surface area contributed by atoms with Crippen LogP contribution in [0.15, 0.2) is 0 Å². The lowest BCUT2D eigenvalue weighted by Gasteiger charge is -2.38. The Kier molecular flexibility index (Phi) is 3.87. The molecule has 1 rings (SSSR count). The molecule has 0 spiro atoms. The van der Waals surface area contributed by atoms with Crippen molar-refractivity contribution in [3.8, 4) is 0 Å². The van der Waals surface area contributed by atoms with Crippen LogP contribution in [-0.4, -0.2) is 33.7 Å². The van der Waals surface area contributed by atoms with E-state index in [2.05, 4.69) is 0 Å². The van der Waals surface area contributed by atoms with Gasteiger partial charge in [0.1, 0.15) is 0 Å². The first kappa shape index (κ1) is 12.2. The van der Waals surface area contributed by atoms with E-state index >= 15 is 0 Å². The predicted octanol–water partition coefficient (Wildman–Crippen LogP) is 0.975. The van der Waals surface area contributed by atoms with Crippen LogP contribution < -0.4 is 0 Å². The minimum Gasteiger partial charge on any atom is -0.485 e. The van der Waals surface area contributed by atoms with Gasteiger partial charge >= 0.3 is 8.56 Å². The molecule has 0 unspecified atom stereocenters. The molecule has 5 nitrogen and oxygen atoms in total. The predicted molar refractivity (Wildman–Crippen MR) is 54.3 cm³/mol. The maximum Gasteiger partial charge on any atom is 0.471 e. The first-order chi connectivity index (χ1) is 7.00. The molecule has 0 aromatic rings. The lowest BCUT2D eigenvalue weighted by atomic mass is 10.4. The third kappa shape index (κ3) is 2.79. The molecule has 1 aliphatic heterocycles. The highest BCUT2D eigenvalue weighted by Gasteiger charge is 2.53. The van der Waals surface area contributed by atoms with Crippen molar-refractivity contribution in [2.24, 2.45) is 0 Å². The van der Waals surface area contributed by atoms with Gasteiger partial charge in [-0.25, -0.2) is 0 Å². The number of carbonyl (C=O) groups is 2. The second kappa shape index (κ2) is 4.76. The lowest BCUT2D eigenvalue weighted by molar-refractivity contribution is -0.140.